The highest BCUT2D eigenvalue weighted by atomic mass is 19.1. The standard InChI is InChI=1S/C11H9FN2O2/c1-7-4-8(2-3-9(7)12)14-11(15)10-5-16-6-13-10/h2-6H,1H3,(H,14,15). The molecule has 0 radical (unpaired) electrons. The number of anilines is 1. The lowest BCUT2D eigenvalue weighted by Gasteiger charge is -2.04. The Labute approximate surface area is 91.1 Å². The summed E-state index contributed by atoms with van der Waals surface area (Å²) in [5.41, 5.74) is 1.17. The molecule has 0 unspecified atom stereocenters. The van der Waals surface area contributed by atoms with Crippen molar-refractivity contribution < 1.29 is 13.6 Å². The predicted molar refractivity (Wildman–Crippen MR) is 55.6 cm³/mol. The summed E-state index contributed by atoms with van der Waals surface area (Å²) in [6, 6.07) is 4.33. The van der Waals surface area contributed by atoms with Gasteiger partial charge in [0, 0.05) is 5.69 Å². The van der Waals surface area contributed by atoms with E-state index >= 15 is 0 Å². The van der Waals surface area contributed by atoms with E-state index in [0.717, 1.165) is 0 Å². The van der Waals surface area contributed by atoms with Gasteiger partial charge in [0.15, 0.2) is 12.1 Å². The van der Waals surface area contributed by atoms with E-state index in [4.69, 9.17) is 0 Å². The molecule has 0 atom stereocenters. The fraction of sp³-hybridized carbons (Fsp3) is 0.0909. The fourth-order valence-electron chi connectivity index (χ4n) is 1.24. The maximum absolute atomic E-state index is 13.0. The van der Waals surface area contributed by atoms with Gasteiger partial charge in [-0.05, 0) is 30.7 Å². The van der Waals surface area contributed by atoms with Gasteiger partial charge in [-0.25, -0.2) is 9.37 Å². The Hall–Kier alpha value is -2.17. The number of hydrogen-bond acceptors (Lipinski definition) is 3. The van der Waals surface area contributed by atoms with Crippen molar-refractivity contribution in [3.8, 4) is 0 Å². The zero-order valence-electron chi connectivity index (χ0n) is 8.53. The second-order valence-electron chi connectivity index (χ2n) is 3.29. The zero-order chi connectivity index (χ0) is 11.5. The summed E-state index contributed by atoms with van der Waals surface area (Å²) in [4.78, 5) is 15.2. The lowest BCUT2D eigenvalue weighted by Crippen LogP contribution is -2.12. The normalized spacial score (nSPS) is 10.1. The van der Waals surface area contributed by atoms with Crippen molar-refractivity contribution in [1.29, 1.82) is 0 Å². The molecular formula is C11H9FN2O2. The third kappa shape index (κ3) is 2.08. The average Bonchev–Trinajstić information content (AvgIpc) is 2.77. The summed E-state index contributed by atoms with van der Waals surface area (Å²) in [6.45, 7) is 1.63. The van der Waals surface area contributed by atoms with E-state index in [9.17, 15) is 9.18 Å². The average molecular weight is 220 g/mol. The number of oxazole rings is 1. The van der Waals surface area contributed by atoms with Gasteiger partial charge in [0.1, 0.15) is 12.1 Å². The van der Waals surface area contributed by atoms with Gasteiger partial charge in [-0.3, -0.25) is 4.79 Å². The third-order valence-electron chi connectivity index (χ3n) is 2.08. The van der Waals surface area contributed by atoms with Crippen LogP contribution in [0.25, 0.3) is 0 Å². The van der Waals surface area contributed by atoms with E-state index in [0.29, 0.717) is 11.3 Å². The number of benzene rings is 1. The van der Waals surface area contributed by atoms with E-state index in [1.165, 1.54) is 24.8 Å². The predicted octanol–water partition coefficient (Wildman–Crippen LogP) is 2.37. The van der Waals surface area contributed by atoms with Crippen LogP contribution in [-0.4, -0.2) is 10.9 Å². The zero-order valence-corrected chi connectivity index (χ0v) is 8.53. The van der Waals surface area contributed by atoms with Crippen molar-refractivity contribution in [1.82, 2.24) is 4.98 Å². The van der Waals surface area contributed by atoms with Crippen LogP contribution in [0, 0.1) is 12.7 Å². The Balaban J connectivity index is 2.15. The topological polar surface area (TPSA) is 55.1 Å². The molecule has 2 rings (SSSR count). The maximum Gasteiger partial charge on any atom is 0.277 e. The minimum Gasteiger partial charge on any atom is -0.451 e. The number of carbonyl (C=O) groups is 1. The van der Waals surface area contributed by atoms with Crippen LogP contribution in [0.5, 0.6) is 0 Å². The van der Waals surface area contributed by atoms with E-state index in [-0.39, 0.29) is 17.4 Å². The Morgan fingerprint density at radius 1 is 1.50 bits per heavy atom. The Morgan fingerprint density at radius 3 is 2.94 bits per heavy atom. The molecule has 0 spiro atoms. The van der Waals surface area contributed by atoms with Gasteiger partial charge in [-0.15, -0.1) is 0 Å². The molecule has 0 saturated carbocycles. The minimum absolute atomic E-state index is 0.182. The van der Waals surface area contributed by atoms with Crippen molar-refractivity contribution >= 4 is 11.6 Å². The van der Waals surface area contributed by atoms with E-state index in [1.54, 1.807) is 13.0 Å². The molecule has 2 aromatic rings. The molecule has 4 nitrogen and oxygen atoms in total. The number of aromatic nitrogens is 1. The molecule has 16 heavy (non-hydrogen) atoms. The fourth-order valence-corrected chi connectivity index (χ4v) is 1.24. The molecule has 1 heterocycles. The Morgan fingerprint density at radius 2 is 2.31 bits per heavy atom. The molecule has 0 aliphatic carbocycles. The van der Waals surface area contributed by atoms with E-state index in [1.807, 2.05) is 0 Å². The monoisotopic (exact) mass is 220 g/mol. The molecule has 0 aliphatic rings. The van der Waals surface area contributed by atoms with Crippen molar-refractivity contribution in [2.75, 3.05) is 5.32 Å². The van der Waals surface area contributed by atoms with Gasteiger partial charge in [-0.2, -0.15) is 0 Å². The van der Waals surface area contributed by atoms with Crippen LogP contribution in [0.2, 0.25) is 0 Å². The van der Waals surface area contributed by atoms with Gasteiger partial charge in [0.2, 0.25) is 0 Å². The van der Waals surface area contributed by atoms with Crippen molar-refractivity contribution in [2.45, 2.75) is 6.92 Å². The van der Waals surface area contributed by atoms with E-state index in [2.05, 4.69) is 14.7 Å². The third-order valence-corrected chi connectivity index (χ3v) is 2.08. The van der Waals surface area contributed by atoms with Crippen LogP contribution in [-0.2, 0) is 0 Å². The van der Waals surface area contributed by atoms with Crippen LogP contribution in [0.15, 0.2) is 35.3 Å². The molecule has 0 fully saturated rings. The highest BCUT2D eigenvalue weighted by Crippen LogP contribution is 2.14. The summed E-state index contributed by atoms with van der Waals surface area (Å²) in [5, 5.41) is 2.58. The van der Waals surface area contributed by atoms with Crippen molar-refractivity contribution in [2.24, 2.45) is 0 Å². The van der Waals surface area contributed by atoms with Gasteiger partial charge >= 0.3 is 0 Å². The number of halogens is 1. The molecule has 1 N–H and O–H groups in total. The number of rotatable bonds is 2. The maximum atomic E-state index is 13.0. The lowest BCUT2D eigenvalue weighted by molar-refractivity contribution is 0.102. The number of carbonyl (C=O) groups excluding carboxylic acids is 1. The van der Waals surface area contributed by atoms with Gasteiger partial charge in [0.05, 0.1) is 0 Å². The summed E-state index contributed by atoms with van der Waals surface area (Å²) in [7, 11) is 0. The molecular weight excluding hydrogens is 211 g/mol. The summed E-state index contributed by atoms with van der Waals surface area (Å²) >= 11 is 0. The smallest absolute Gasteiger partial charge is 0.277 e. The number of aryl methyl sites for hydroxylation is 1. The number of nitrogens with one attached hydrogen (secondary N) is 1. The summed E-state index contributed by atoms with van der Waals surface area (Å²) < 4.78 is 17.7. The molecule has 0 aliphatic heterocycles. The first-order valence-corrected chi connectivity index (χ1v) is 4.62. The first-order valence-electron chi connectivity index (χ1n) is 4.62. The van der Waals surface area contributed by atoms with Crippen LogP contribution in [0.4, 0.5) is 10.1 Å². The highest BCUT2D eigenvalue weighted by Gasteiger charge is 2.09. The first-order chi connectivity index (χ1) is 7.66. The highest BCUT2D eigenvalue weighted by molar-refractivity contribution is 6.02. The second-order valence-corrected chi connectivity index (χ2v) is 3.29. The summed E-state index contributed by atoms with van der Waals surface area (Å²) in [6.07, 6.45) is 2.41. The molecule has 1 amide bonds. The van der Waals surface area contributed by atoms with Crippen LogP contribution < -0.4 is 5.32 Å². The quantitative estimate of drug-likeness (QED) is 0.845. The lowest BCUT2D eigenvalue weighted by atomic mass is 10.2. The Kier molecular flexibility index (Phi) is 2.68. The molecule has 1 aromatic heterocycles. The minimum atomic E-state index is -0.389. The second kappa shape index (κ2) is 4.14. The van der Waals surface area contributed by atoms with Crippen LogP contribution in [0.1, 0.15) is 16.1 Å². The SMILES string of the molecule is Cc1cc(NC(=O)c2cocn2)ccc1F. The number of amides is 1. The van der Waals surface area contributed by atoms with Crippen LogP contribution >= 0.6 is 0 Å². The molecule has 82 valence electrons. The first kappa shape index (κ1) is 10.4. The summed E-state index contributed by atoms with van der Waals surface area (Å²) in [5.74, 6) is -0.695. The van der Waals surface area contributed by atoms with Crippen molar-refractivity contribution in [3.63, 3.8) is 0 Å². The van der Waals surface area contributed by atoms with Gasteiger partial charge in [0.25, 0.3) is 5.91 Å². The molecule has 0 bridgehead atoms. The molecule has 1 aromatic carbocycles. The van der Waals surface area contributed by atoms with Gasteiger partial charge < -0.3 is 9.73 Å². The number of nitrogens with zero attached hydrogens (tertiary/aromatic N) is 1. The Bertz CT molecular complexity index is 509. The molecule has 0 saturated heterocycles. The number of hydrogen-bond donors (Lipinski definition) is 1. The van der Waals surface area contributed by atoms with Gasteiger partial charge in [-0.1, -0.05) is 0 Å². The van der Waals surface area contributed by atoms with Crippen LogP contribution in [0.3, 0.4) is 0 Å². The largest absolute Gasteiger partial charge is 0.451 e. The van der Waals surface area contributed by atoms with Crippen molar-refractivity contribution in [3.05, 3.63) is 47.9 Å². The molecule has 5 heteroatoms. The van der Waals surface area contributed by atoms with E-state index < -0.39 is 0 Å².